The Kier molecular flexibility index (Phi) is 4.50. The van der Waals surface area contributed by atoms with Gasteiger partial charge in [-0.15, -0.1) is 11.3 Å². The topological polar surface area (TPSA) is 37.8 Å². The van der Waals surface area contributed by atoms with Gasteiger partial charge in [0.25, 0.3) is 0 Å². The molecule has 2 heterocycles. The second-order valence-electron chi connectivity index (χ2n) is 5.62. The second-order valence-corrected chi connectivity index (χ2v) is 7.55. The van der Waals surface area contributed by atoms with Crippen LogP contribution in [0.1, 0.15) is 43.2 Å². The minimum atomic E-state index is 0.458. The third kappa shape index (κ3) is 3.57. The van der Waals surface area contributed by atoms with Crippen molar-refractivity contribution in [1.82, 2.24) is 15.3 Å². The summed E-state index contributed by atoms with van der Waals surface area (Å²) in [5, 5.41) is 5.46. The van der Waals surface area contributed by atoms with Gasteiger partial charge in [-0.3, -0.25) is 4.98 Å². The smallest absolute Gasteiger partial charge is 0.143 e. The van der Waals surface area contributed by atoms with Gasteiger partial charge in [0.1, 0.15) is 10.7 Å². The molecule has 3 nitrogen and oxygen atoms in total. The van der Waals surface area contributed by atoms with E-state index in [-0.39, 0.29) is 0 Å². The number of nitrogens with zero attached hydrogens (tertiary/aromatic N) is 2. The molecule has 0 bridgehead atoms. The summed E-state index contributed by atoms with van der Waals surface area (Å²) in [4.78, 5) is 10.4. The highest BCUT2D eigenvalue weighted by molar-refractivity contribution is 7.15. The molecule has 0 unspecified atom stereocenters. The van der Waals surface area contributed by atoms with Crippen LogP contribution in [0.5, 0.6) is 0 Å². The monoisotopic (exact) mass is 341 g/mol. The summed E-state index contributed by atoms with van der Waals surface area (Å²) in [5.74, 6) is 0.616. The molecule has 2 aromatic heterocycles. The van der Waals surface area contributed by atoms with Crippen molar-refractivity contribution >= 4 is 34.5 Å². The number of pyridine rings is 1. The highest BCUT2D eigenvalue weighted by Crippen LogP contribution is 2.44. The Hall–Kier alpha value is -0.680. The molecule has 0 radical (unpaired) electrons. The second kappa shape index (κ2) is 6.21. The molecule has 0 atom stereocenters. The first-order chi connectivity index (χ1) is 10.0. The van der Waals surface area contributed by atoms with Crippen LogP contribution >= 0.6 is 34.5 Å². The van der Waals surface area contributed by atoms with E-state index in [0.717, 1.165) is 17.2 Å². The van der Waals surface area contributed by atoms with E-state index in [9.17, 15) is 0 Å². The van der Waals surface area contributed by atoms with Gasteiger partial charge in [0.05, 0.1) is 15.7 Å². The standard InChI is InChI=1S/C15H17Cl2N3S/c1-8(2)18-7-12-13(9-3-4-9)20-15(21-12)14-11(17)5-10(16)6-19-14/h5-6,8-9,18H,3-4,7H2,1-2H3. The Balaban J connectivity index is 1.93. The van der Waals surface area contributed by atoms with Gasteiger partial charge in [0, 0.05) is 29.6 Å². The van der Waals surface area contributed by atoms with Gasteiger partial charge < -0.3 is 5.32 Å². The van der Waals surface area contributed by atoms with E-state index in [1.54, 1.807) is 23.6 Å². The molecule has 0 aromatic carbocycles. The summed E-state index contributed by atoms with van der Waals surface area (Å²) in [6, 6.07) is 2.18. The van der Waals surface area contributed by atoms with Gasteiger partial charge in [-0.2, -0.15) is 0 Å². The minimum Gasteiger partial charge on any atom is -0.310 e. The fraction of sp³-hybridized carbons (Fsp3) is 0.467. The zero-order valence-electron chi connectivity index (χ0n) is 12.0. The minimum absolute atomic E-state index is 0.458. The van der Waals surface area contributed by atoms with E-state index >= 15 is 0 Å². The molecule has 2 aromatic rings. The number of nitrogens with one attached hydrogen (secondary N) is 1. The highest BCUT2D eigenvalue weighted by Gasteiger charge is 2.30. The summed E-state index contributed by atoms with van der Waals surface area (Å²) < 4.78 is 0. The number of hydrogen-bond acceptors (Lipinski definition) is 4. The summed E-state index contributed by atoms with van der Waals surface area (Å²) in [6.07, 6.45) is 4.09. The fourth-order valence-corrected chi connectivity index (χ4v) is 3.77. The lowest BCUT2D eigenvalue weighted by molar-refractivity contribution is 0.590. The molecular formula is C15H17Cl2N3S. The summed E-state index contributed by atoms with van der Waals surface area (Å²) in [5.41, 5.74) is 1.94. The molecule has 0 aliphatic heterocycles. The molecule has 0 amide bonds. The molecule has 0 saturated heterocycles. The maximum atomic E-state index is 6.25. The van der Waals surface area contributed by atoms with Gasteiger partial charge in [-0.25, -0.2) is 4.98 Å². The summed E-state index contributed by atoms with van der Waals surface area (Å²) >= 11 is 13.8. The van der Waals surface area contributed by atoms with Crippen molar-refractivity contribution in [1.29, 1.82) is 0 Å². The fourth-order valence-electron chi connectivity index (χ4n) is 2.14. The van der Waals surface area contributed by atoms with Crippen molar-refractivity contribution in [2.75, 3.05) is 0 Å². The number of hydrogen-bond donors (Lipinski definition) is 1. The number of rotatable bonds is 5. The Morgan fingerprint density at radius 2 is 2.14 bits per heavy atom. The molecule has 3 rings (SSSR count). The lowest BCUT2D eigenvalue weighted by Gasteiger charge is -2.07. The predicted molar refractivity (Wildman–Crippen MR) is 89.3 cm³/mol. The molecule has 21 heavy (non-hydrogen) atoms. The lowest BCUT2D eigenvalue weighted by atomic mass is 10.2. The van der Waals surface area contributed by atoms with Crippen molar-refractivity contribution in [2.45, 2.75) is 45.2 Å². The van der Waals surface area contributed by atoms with Gasteiger partial charge in [-0.05, 0) is 18.9 Å². The van der Waals surface area contributed by atoms with E-state index in [4.69, 9.17) is 28.2 Å². The molecule has 1 saturated carbocycles. The molecule has 0 spiro atoms. The number of halogens is 2. The average Bonchev–Trinajstić information content (AvgIpc) is 3.17. The van der Waals surface area contributed by atoms with E-state index in [2.05, 4.69) is 24.1 Å². The third-order valence-electron chi connectivity index (χ3n) is 3.37. The molecule has 1 aliphatic rings. The Morgan fingerprint density at radius 1 is 1.38 bits per heavy atom. The largest absolute Gasteiger partial charge is 0.310 e. The highest BCUT2D eigenvalue weighted by atomic mass is 35.5. The van der Waals surface area contributed by atoms with E-state index < -0.39 is 0 Å². The average molecular weight is 342 g/mol. The zero-order chi connectivity index (χ0) is 15.0. The normalized spacial score (nSPS) is 14.9. The van der Waals surface area contributed by atoms with Gasteiger partial charge in [0.2, 0.25) is 0 Å². The van der Waals surface area contributed by atoms with Crippen LogP contribution in [0.2, 0.25) is 10.0 Å². The van der Waals surface area contributed by atoms with Crippen LogP contribution in [0.15, 0.2) is 12.3 Å². The molecule has 1 fully saturated rings. The first-order valence-electron chi connectivity index (χ1n) is 7.09. The number of aromatic nitrogens is 2. The van der Waals surface area contributed by atoms with E-state index in [1.165, 1.54) is 23.4 Å². The van der Waals surface area contributed by atoms with E-state index in [1.807, 2.05) is 0 Å². The predicted octanol–water partition coefficient (Wildman–Crippen LogP) is 4.89. The molecular weight excluding hydrogens is 325 g/mol. The molecule has 112 valence electrons. The van der Waals surface area contributed by atoms with Gasteiger partial charge >= 0.3 is 0 Å². The molecule has 6 heteroatoms. The van der Waals surface area contributed by atoms with Crippen molar-refractivity contribution in [3.63, 3.8) is 0 Å². The van der Waals surface area contributed by atoms with Crippen molar-refractivity contribution < 1.29 is 0 Å². The lowest BCUT2D eigenvalue weighted by Crippen LogP contribution is -2.21. The van der Waals surface area contributed by atoms with Crippen LogP contribution in [0.25, 0.3) is 10.7 Å². The third-order valence-corrected chi connectivity index (χ3v) is 4.95. The zero-order valence-corrected chi connectivity index (χ0v) is 14.3. The van der Waals surface area contributed by atoms with Crippen molar-refractivity contribution in [2.24, 2.45) is 0 Å². The maximum absolute atomic E-state index is 6.25. The summed E-state index contributed by atoms with van der Waals surface area (Å²) in [6.45, 7) is 5.15. The van der Waals surface area contributed by atoms with Crippen molar-refractivity contribution in [3.8, 4) is 10.7 Å². The van der Waals surface area contributed by atoms with E-state index in [0.29, 0.717) is 22.0 Å². The maximum Gasteiger partial charge on any atom is 0.143 e. The Labute approximate surface area is 138 Å². The van der Waals surface area contributed by atoms with Crippen LogP contribution < -0.4 is 5.32 Å². The van der Waals surface area contributed by atoms with Crippen molar-refractivity contribution in [3.05, 3.63) is 32.9 Å². The van der Waals surface area contributed by atoms with Crippen LogP contribution in [0, 0.1) is 0 Å². The first kappa shape index (κ1) is 15.2. The Bertz CT molecular complexity index is 650. The number of thiazole rings is 1. The van der Waals surface area contributed by atoms with Crippen LogP contribution in [-0.2, 0) is 6.54 Å². The van der Waals surface area contributed by atoms with Gasteiger partial charge in [-0.1, -0.05) is 37.0 Å². The van der Waals surface area contributed by atoms with Crippen LogP contribution in [-0.4, -0.2) is 16.0 Å². The summed E-state index contributed by atoms with van der Waals surface area (Å²) in [7, 11) is 0. The first-order valence-corrected chi connectivity index (χ1v) is 8.66. The quantitative estimate of drug-likeness (QED) is 0.841. The van der Waals surface area contributed by atoms with Crippen LogP contribution in [0.3, 0.4) is 0 Å². The van der Waals surface area contributed by atoms with Gasteiger partial charge in [0.15, 0.2) is 0 Å². The molecule has 1 aliphatic carbocycles. The SMILES string of the molecule is CC(C)NCc1sc(-c2ncc(Cl)cc2Cl)nc1C1CC1. The molecule has 1 N–H and O–H groups in total. The van der Waals surface area contributed by atoms with Crippen LogP contribution in [0.4, 0.5) is 0 Å². The Morgan fingerprint density at radius 3 is 2.76 bits per heavy atom.